The predicted octanol–water partition coefficient (Wildman–Crippen LogP) is 21.8. The van der Waals surface area contributed by atoms with Crippen LogP contribution in [0.25, 0.3) is 164 Å². The number of rotatable bonds is 4. The van der Waals surface area contributed by atoms with E-state index >= 15 is 0 Å². The van der Waals surface area contributed by atoms with Crippen LogP contribution in [0.15, 0.2) is 285 Å². The third-order valence-corrected chi connectivity index (χ3v) is 18.0. The Hall–Kier alpha value is -7.69. The average molecular weight is 1360 g/mol. The summed E-state index contributed by atoms with van der Waals surface area (Å²) < 4.78 is 6.93. The fourth-order valence-corrected chi connectivity index (χ4v) is 13.9. The van der Waals surface area contributed by atoms with Crippen molar-refractivity contribution in [2.24, 2.45) is 21.1 Å². The van der Waals surface area contributed by atoms with Gasteiger partial charge in [-0.05, 0) is 104 Å². The molecule has 0 unspecified atom stereocenters. The summed E-state index contributed by atoms with van der Waals surface area (Å²) in [6.07, 6.45) is 0. The molecule has 3 radical (unpaired) electrons. The molecule has 415 valence electrons. The second kappa shape index (κ2) is 25.3. The molecule has 89 heavy (non-hydrogen) atoms. The van der Waals surface area contributed by atoms with Gasteiger partial charge in [-0.3, -0.25) is 0 Å². The Morgan fingerprint density at radius 1 is 0.225 bits per heavy atom. The van der Waals surface area contributed by atoms with E-state index in [1.807, 2.05) is 18.2 Å². The Kier molecular flexibility index (Phi) is 17.1. The van der Waals surface area contributed by atoms with Gasteiger partial charge in [0.1, 0.15) is 0 Å². The molecule has 0 aliphatic heterocycles. The van der Waals surface area contributed by atoms with Crippen molar-refractivity contribution in [2.45, 2.75) is 0 Å². The molecule has 0 amide bonds. The predicted molar refractivity (Wildman–Crippen MR) is 367 cm³/mol. The van der Waals surface area contributed by atoms with E-state index in [4.69, 9.17) is 0 Å². The van der Waals surface area contributed by atoms with Crippen LogP contribution in [0.2, 0.25) is 0 Å². The van der Waals surface area contributed by atoms with E-state index in [9.17, 15) is 0 Å². The van der Waals surface area contributed by atoms with Gasteiger partial charge in [-0.15, -0.1) is 34.4 Å². The van der Waals surface area contributed by atoms with Crippen molar-refractivity contribution in [1.82, 2.24) is 13.7 Å². The van der Waals surface area contributed by atoms with Gasteiger partial charge < -0.3 is 13.7 Å². The largest absolute Gasteiger partial charge is 0.367 e. The van der Waals surface area contributed by atoms with Gasteiger partial charge in [0.15, 0.2) is 0 Å². The number of fused-ring (bicyclic) bond motifs is 17. The van der Waals surface area contributed by atoms with Gasteiger partial charge >= 0.3 is 0 Å². The summed E-state index contributed by atoms with van der Waals surface area (Å²) in [4.78, 5) is 0. The van der Waals surface area contributed by atoms with E-state index in [0.29, 0.717) is 0 Å². The van der Waals surface area contributed by atoms with Crippen molar-refractivity contribution in [1.29, 1.82) is 0 Å². The Labute approximate surface area is 593 Å². The minimum Gasteiger partial charge on any atom is -0.367 e. The number of benzene rings is 15. The number of nitrogens with zero attached hydrogens (tertiary/aromatic N) is 3. The Balaban J connectivity index is 0.000000121. The molecule has 0 spiro atoms. The number of aromatic nitrogens is 3. The van der Waals surface area contributed by atoms with Crippen LogP contribution >= 0.6 is 0 Å². The van der Waals surface area contributed by atoms with E-state index in [0.717, 1.165) is 0 Å². The smallest absolute Gasteiger partial charge is 0.0426 e. The average Bonchev–Trinajstić information content (AvgIpc) is 1.67. The van der Waals surface area contributed by atoms with Crippen LogP contribution in [-0.4, -0.2) is 13.7 Å². The Bertz CT molecular complexity index is 5690. The van der Waals surface area contributed by atoms with E-state index < -0.39 is 0 Å². The fraction of sp³-hybridized carbons (Fsp3) is 0.0361. The maximum Gasteiger partial charge on any atom is 0.0426 e. The third kappa shape index (κ3) is 10.4. The summed E-state index contributed by atoms with van der Waals surface area (Å²) in [5, 5.41) is 20.5. The summed E-state index contributed by atoms with van der Waals surface area (Å²) in [5.41, 5.74) is 17.7. The molecule has 3 heterocycles. The number of hydrogen-bond donors (Lipinski definition) is 0. The Morgan fingerprint density at radius 2 is 0.584 bits per heavy atom. The molecule has 0 atom stereocenters. The van der Waals surface area contributed by atoms with E-state index in [1.165, 1.54) is 164 Å². The first-order valence-corrected chi connectivity index (χ1v) is 29.5. The zero-order valence-electron chi connectivity index (χ0n) is 49.7. The second-order valence-corrected chi connectivity index (χ2v) is 22.6. The minimum atomic E-state index is 0. The molecule has 0 aliphatic carbocycles. The van der Waals surface area contributed by atoms with Crippen LogP contribution in [0.5, 0.6) is 0 Å². The van der Waals surface area contributed by atoms with Crippen LogP contribution in [0.1, 0.15) is 0 Å². The first kappa shape index (κ1) is 60.2. The van der Waals surface area contributed by atoms with Gasteiger partial charge in [0.05, 0.1) is 0 Å². The van der Waals surface area contributed by atoms with Crippen molar-refractivity contribution in [3.63, 3.8) is 0 Å². The quantitative estimate of drug-likeness (QED) is 0.156. The van der Waals surface area contributed by atoms with Crippen LogP contribution in [0.4, 0.5) is 0 Å². The molecule has 0 saturated carbocycles. The molecule has 15 aromatic carbocycles. The van der Waals surface area contributed by atoms with Gasteiger partial charge in [0, 0.05) is 152 Å². The van der Waals surface area contributed by atoms with Crippen molar-refractivity contribution in [3.05, 3.63) is 303 Å². The van der Waals surface area contributed by atoms with Crippen LogP contribution in [0.3, 0.4) is 0 Å². The van der Waals surface area contributed by atoms with Crippen LogP contribution in [0, 0.1) is 18.2 Å². The van der Waals surface area contributed by atoms with Crippen molar-refractivity contribution < 1.29 is 98.1 Å². The molecule has 0 fully saturated rings. The van der Waals surface area contributed by atoms with Crippen molar-refractivity contribution in [3.8, 4) is 44.5 Å². The molecule has 3 nitrogen and oxygen atoms in total. The number of hydrogen-bond acceptors (Lipinski definition) is 0. The maximum absolute atomic E-state index is 3.26. The molecule has 18 aromatic rings. The summed E-state index contributed by atoms with van der Waals surface area (Å²) in [7, 11) is 6.48. The molecule has 0 aliphatic rings. The van der Waals surface area contributed by atoms with Crippen molar-refractivity contribution in [2.75, 3.05) is 0 Å². The molecule has 0 N–H and O–H groups in total. The fourth-order valence-electron chi connectivity index (χ4n) is 13.9. The van der Waals surface area contributed by atoms with E-state index in [1.54, 1.807) is 0 Å². The topological polar surface area (TPSA) is 14.8 Å². The molecular formula is C83H56N3Y3-3. The first-order valence-electron chi connectivity index (χ1n) is 29.5. The van der Waals surface area contributed by atoms with Crippen LogP contribution in [-0.2, 0) is 119 Å². The first-order chi connectivity index (χ1) is 42.4. The zero-order chi connectivity index (χ0) is 57.4. The molecule has 18 rings (SSSR count). The van der Waals surface area contributed by atoms with Gasteiger partial charge in [-0.1, -0.05) is 241 Å². The van der Waals surface area contributed by atoms with Crippen LogP contribution < -0.4 is 0 Å². The maximum atomic E-state index is 3.26. The van der Waals surface area contributed by atoms with E-state index in [2.05, 4.69) is 320 Å². The summed E-state index contributed by atoms with van der Waals surface area (Å²) in [5.74, 6) is 0. The minimum absolute atomic E-state index is 0. The normalized spacial score (nSPS) is 11.3. The second-order valence-electron chi connectivity index (χ2n) is 22.6. The van der Waals surface area contributed by atoms with E-state index in [-0.39, 0.29) is 98.1 Å². The summed E-state index contributed by atoms with van der Waals surface area (Å²) >= 11 is 0. The van der Waals surface area contributed by atoms with Gasteiger partial charge in [0.25, 0.3) is 0 Å². The summed E-state index contributed by atoms with van der Waals surface area (Å²) in [6, 6.07) is 112. The van der Waals surface area contributed by atoms with Crippen molar-refractivity contribution >= 4 is 119 Å². The van der Waals surface area contributed by atoms with Gasteiger partial charge in [-0.2, -0.15) is 54.6 Å². The molecule has 0 saturated heterocycles. The molecule has 3 aromatic heterocycles. The number of aryl methyl sites for hydroxylation is 3. The standard InChI is InChI=1S/C29H20N.2C27H18N.3Y/c1-30-28-14-8-7-12-24(28)27-19-26(23-11-5-6-13-25(23)29(27)30)22-17-15-21(16-18-22)20-9-3-2-4-10-20;1-28-26-16-7-6-13-22(26)25-17-24(21-12-4-5-14-23(21)27(25)28)20-15-8-10-18-9-2-3-11-19(18)20;1-28-26-13-7-6-11-22(26)25-17-24(21-10-4-5-12-23(21)27(25)28)20-15-14-18-8-2-3-9-19(18)16-20;;;/h2-6,8-19H,1H3;2*2-5,7-17H,1H3;;;/q3*-1;;;. The van der Waals surface area contributed by atoms with Gasteiger partial charge in [-0.25, -0.2) is 0 Å². The Morgan fingerprint density at radius 3 is 1.09 bits per heavy atom. The summed E-state index contributed by atoms with van der Waals surface area (Å²) in [6.45, 7) is 0. The molecular weight excluding hydrogens is 1310 g/mol. The van der Waals surface area contributed by atoms with Gasteiger partial charge in [0.2, 0.25) is 0 Å². The SMILES string of the molecule is Cn1c2cc[c-]cc2c2cc(-c3ccc(-c4ccccc4)cc3)c3ccccc3c21.Cn1c2cc[c-]cc2c2cc(-c3ccc4ccccc4c3)c3ccccc3c21.Cn1c2cc[c-]cc2c2cc(-c3cccc4ccccc34)c3ccccc3c21.[Y].[Y].[Y]. The molecule has 6 heteroatoms. The zero-order valence-corrected chi connectivity index (χ0v) is 58.2. The monoisotopic (exact) mass is 1360 g/mol. The third-order valence-electron chi connectivity index (χ3n) is 18.0. The molecule has 0 bridgehead atoms.